The number of aromatic nitrogens is 1. The smallest absolute Gasteiger partial charge is 0.416 e. The van der Waals surface area contributed by atoms with Crippen molar-refractivity contribution in [2.45, 2.75) is 68.7 Å². The number of alkyl halides is 3. The second-order valence-corrected chi connectivity index (χ2v) is 11.5. The number of thiazole rings is 1. The number of thioether (sulfide) groups is 1. The van der Waals surface area contributed by atoms with Gasteiger partial charge in [0, 0.05) is 27.7 Å². The number of aliphatic carboxylic acids is 1. The highest BCUT2D eigenvalue weighted by molar-refractivity contribution is 7.98. The van der Waals surface area contributed by atoms with Gasteiger partial charge in [-0.05, 0) is 61.1 Å². The summed E-state index contributed by atoms with van der Waals surface area (Å²) in [5, 5.41) is 9.58. The number of hydrogen-bond acceptors (Lipinski definition) is 7. The molecule has 1 aromatic heterocycles. The van der Waals surface area contributed by atoms with Gasteiger partial charge in [0.2, 0.25) is 0 Å². The number of rotatable bonds is 11. The summed E-state index contributed by atoms with van der Waals surface area (Å²) in [4.78, 5) is 17.6. The summed E-state index contributed by atoms with van der Waals surface area (Å²) < 4.78 is 56.2. The summed E-state index contributed by atoms with van der Waals surface area (Å²) in [5.41, 5.74) is 1.56. The van der Waals surface area contributed by atoms with E-state index in [1.807, 2.05) is 26.0 Å². The standard InChI is InChI=1S/C28H30F3NO5S2/c1-17(2)21-13-20(10-11-23(21)36-15-25(33)34)38-16-24-22(14-37-26-5-3-4-12-35-26)32-27(39-24)18-6-8-19(9-7-18)28(29,30)31/h6-11,13,17,26H,3-5,12,14-16H2,1-2H3,(H,33,34). The van der Waals surface area contributed by atoms with Gasteiger partial charge in [0.25, 0.3) is 0 Å². The minimum Gasteiger partial charge on any atom is -0.482 e. The Morgan fingerprint density at radius 1 is 1.21 bits per heavy atom. The minimum absolute atomic E-state index is 0.128. The van der Waals surface area contributed by atoms with Crippen LogP contribution >= 0.6 is 23.1 Å². The van der Waals surface area contributed by atoms with Crippen LogP contribution in [0.1, 0.15) is 60.7 Å². The normalized spacial score (nSPS) is 16.0. The number of benzene rings is 2. The molecule has 0 saturated carbocycles. The van der Waals surface area contributed by atoms with E-state index in [0.717, 1.165) is 52.4 Å². The first kappa shape index (κ1) is 29.4. The first-order chi connectivity index (χ1) is 18.6. The maximum atomic E-state index is 13.0. The van der Waals surface area contributed by atoms with Crippen molar-refractivity contribution in [3.63, 3.8) is 0 Å². The topological polar surface area (TPSA) is 77.9 Å². The predicted octanol–water partition coefficient (Wildman–Crippen LogP) is 7.75. The molecule has 1 fully saturated rings. The molecule has 0 spiro atoms. The van der Waals surface area contributed by atoms with Crippen molar-refractivity contribution < 1.29 is 37.3 Å². The van der Waals surface area contributed by atoms with E-state index in [0.29, 0.717) is 28.7 Å². The summed E-state index contributed by atoms with van der Waals surface area (Å²) in [5.74, 6) is 0.213. The minimum atomic E-state index is -4.40. The summed E-state index contributed by atoms with van der Waals surface area (Å²) in [7, 11) is 0. The Morgan fingerprint density at radius 3 is 2.62 bits per heavy atom. The van der Waals surface area contributed by atoms with E-state index in [2.05, 4.69) is 0 Å². The van der Waals surface area contributed by atoms with Gasteiger partial charge in [-0.2, -0.15) is 13.2 Å². The van der Waals surface area contributed by atoms with E-state index >= 15 is 0 Å². The van der Waals surface area contributed by atoms with Crippen LogP contribution in [0.3, 0.4) is 0 Å². The van der Waals surface area contributed by atoms with Gasteiger partial charge in [-0.15, -0.1) is 23.1 Å². The van der Waals surface area contributed by atoms with Crippen molar-refractivity contribution >= 4 is 29.1 Å². The summed E-state index contributed by atoms with van der Waals surface area (Å²) >= 11 is 3.02. The lowest BCUT2D eigenvalue weighted by Crippen LogP contribution is -2.22. The average molecular weight is 582 g/mol. The molecule has 1 saturated heterocycles. The van der Waals surface area contributed by atoms with Crippen molar-refractivity contribution in [2.24, 2.45) is 0 Å². The molecule has 4 rings (SSSR count). The maximum Gasteiger partial charge on any atom is 0.416 e. The molecule has 2 heterocycles. The van der Waals surface area contributed by atoms with Gasteiger partial charge in [0.1, 0.15) is 10.8 Å². The monoisotopic (exact) mass is 581 g/mol. The number of carbonyl (C=O) groups is 1. The number of ether oxygens (including phenoxy) is 3. The molecule has 0 bridgehead atoms. The number of halogens is 3. The van der Waals surface area contributed by atoms with Crippen LogP contribution < -0.4 is 4.74 Å². The second kappa shape index (κ2) is 13.2. The summed E-state index contributed by atoms with van der Waals surface area (Å²) in [6, 6.07) is 10.7. The van der Waals surface area contributed by atoms with Gasteiger partial charge in [-0.25, -0.2) is 9.78 Å². The van der Waals surface area contributed by atoms with E-state index in [1.165, 1.54) is 23.5 Å². The van der Waals surface area contributed by atoms with Crippen LogP contribution in [-0.2, 0) is 32.8 Å². The van der Waals surface area contributed by atoms with Crippen molar-refractivity contribution in [1.82, 2.24) is 4.98 Å². The fourth-order valence-corrected chi connectivity index (χ4v) is 6.15. The Balaban J connectivity index is 1.54. The number of carboxylic acid groups (broad SMARTS) is 1. The van der Waals surface area contributed by atoms with E-state index in [4.69, 9.17) is 24.3 Å². The van der Waals surface area contributed by atoms with E-state index in [1.54, 1.807) is 17.8 Å². The lowest BCUT2D eigenvalue weighted by atomic mass is 10.0. The molecule has 3 aromatic rings. The maximum absolute atomic E-state index is 13.0. The number of carboxylic acids is 1. The van der Waals surface area contributed by atoms with Gasteiger partial charge in [0.05, 0.1) is 17.9 Å². The zero-order valence-corrected chi connectivity index (χ0v) is 23.3. The zero-order chi connectivity index (χ0) is 28.0. The third-order valence-corrected chi connectivity index (χ3v) is 8.46. The zero-order valence-electron chi connectivity index (χ0n) is 21.6. The van der Waals surface area contributed by atoms with Crippen LogP contribution in [0.5, 0.6) is 5.75 Å². The van der Waals surface area contributed by atoms with Crippen molar-refractivity contribution in [3.8, 4) is 16.3 Å². The SMILES string of the molecule is CC(C)c1cc(SCc2sc(-c3ccc(C(F)(F)F)cc3)nc2COC2CCCCO2)ccc1OCC(=O)O. The fourth-order valence-electron chi connectivity index (χ4n) is 4.04. The molecule has 1 atom stereocenters. The summed E-state index contributed by atoms with van der Waals surface area (Å²) in [6.07, 6.45) is -1.83. The van der Waals surface area contributed by atoms with Crippen LogP contribution in [0.4, 0.5) is 13.2 Å². The molecular formula is C28H30F3NO5S2. The Bertz CT molecular complexity index is 1260. The third kappa shape index (κ3) is 8.20. The Kier molecular flexibility index (Phi) is 9.92. The molecule has 2 aromatic carbocycles. The molecule has 6 nitrogen and oxygen atoms in total. The van der Waals surface area contributed by atoms with Crippen LogP contribution in [0.25, 0.3) is 10.6 Å². The van der Waals surface area contributed by atoms with Gasteiger partial charge in [-0.3, -0.25) is 0 Å². The predicted molar refractivity (Wildman–Crippen MR) is 144 cm³/mol. The largest absolute Gasteiger partial charge is 0.482 e. The van der Waals surface area contributed by atoms with Crippen molar-refractivity contribution in [2.75, 3.05) is 13.2 Å². The quantitative estimate of drug-likeness (QED) is 0.232. The molecule has 39 heavy (non-hydrogen) atoms. The second-order valence-electron chi connectivity index (χ2n) is 9.40. The molecule has 11 heteroatoms. The van der Waals surface area contributed by atoms with Crippen molar-refractivity contribution in [1.29, 1.82) is 0 Å². The van der Waals surface area contributed by atoms with Gasteiger partial charge in [0.15, 0.2) is 12.9 Å². The average Bonchev–Trinajstić information content (AvgIpc) is 3.33. The third-order valence-electron chi connectivity index (χ3n) is 6.11. The van der Waals surface area contributed by atoms with E-state index in [9.17, 15) is 18.0 Å². The Hall–Kier alpha value is -2.60. The van der Waals surface area contributed by atoms with Crippen LogP contribution in [0, 0.1) is 0 Å². The van der Waals surface area contributed by atoms with Gasteiger partial charge in [-0.1, -0.05) is 26.0 Å². The highest BCUT2D eigenvalue weighted by atomic mass is 32.2. The molecule has 1 aliphatic rings. The first-order valence-corrected chi connectivity index (χ1v) is 14.4. The van der Waals surface area contributed by atoms with E-state index in [-0.39, 0.29) is 18.8 Å². The van der Waals surface area contributed by atoms with Crippen LogP contribution in [-0.4, -0.2) is 35.6 Å². The van der Waals surface area contributed by atoms with Gasteiger partial charge >= 0.3 is 12.1 Å². The molecular weight excluding hydrogens is 551 g/mol. The number of hydrogen-bond donors (Lipinski definition) is 1. The highest BCUT2D eigenvalue weighted by Gasteiger charge is 2.30. The van der Waals surface area contributed by atoms with Gasteiger partial charge < -0.3 is 19.3 Å². The molecule has 1 aliphatic heterocycles. The Labute approximate surface area is 233 Å². The van der Waals surface area contributed by atoms with Crippen molar-refractivity contribution in [3.05, 3.63) is 64.2 Å². The fraction of sp³-hybridized carbons (Fsp3) is 0.429. The molecule has 0 amide bonds. The molecule has 210 valence electrons. The van der Waals surface area contributed by atoms with E-state index < -0.39 is 24.3 Å². The molecule has 0 radical (unpaired) electrons. The van der Waals surface area contributed by atoms with Crippen LogP contribution in [0.2, 0.25) is 0 Å². The molecule has 1 N–H and O–H groups in total. The first-order valence-electron chi connectivity index (χ1n) is 12.6. The highest BCUT2D eigenvalue weighted by Crippen LogP contribution is 2.37. The summed E-state index contributed by atoms with van der Waals surface area (Å²) in [6.45, 7) is 4.52. The molecule has 1 unspecified atom stereocenters. The Morgan fingerprint density at radius 2 is 1.97 bits per heavy atom. The lowest BCUT2D eigenvalue weighted by molar-refractivity contribution is -0.169. The number of nitrogens with zero attached hydrogens (tertiary/aromatic N) is 1. The van der Waals surface area contributed by atoms with Crippen LogP contribution in [0.15, 0.2) is 47.4 Å². The lowest BCUT2D eigenvalue weighted by Gasteiger charge is -2.22. The molecule has 0 aliphatic carbocycles.